The molecule has 0 unspecified atom stereocenters. The van der Waals surface area contributed by atoms with Crippen molar-refractivity contribution < 1.29 is 4.79 Å². The molecule has 0 bridgehead atoms. The molecule has 1 aromatic heterocycles. The highest BCUT2D eigenvalue weighted by Gasteiger charge is 2.12. The lowest BCUT2D eigenvalue weighted by Crippen LogP contribution is -2.21. The number of fused-ring (bicyclic) bond motifs is 1. The quantitative estimate of drug-likeness (QED) is 0.758. The molecule has 0 aliphatic carbocycles. The van der Waals surface area contributed by atoms with Crippen molar-refractivity contribution in [2.75, 3.05) is 11.6 Å². The van der Waals surface area contributed by atoms with E-state index in [1.54, 1.807) is 11.3 Å². The Bertz CT molecular complexity index is 780. The van der Waals surface area contributed by atoms with Gasteiger partial charge < -0.3 is 5.32 Å². The van der Waals surface area contributed by atoms with E-state index in [1.807, 2.05) is 55.6 Å². The van der Waals surface area contributed by atoms with Gasteiger partial charge in [0.25, 0.3) is 0 Å². The van der Waals surface area contributed by atoms with E-state index in [1.165, 1.54) is 16.5 Å². The number of carbonyl (C=O) groups is 1. The number of aromatic nitrogens is 1. The largest absolute Gasteiger partial charge is 0.325 e. The summed E-state index contributed by atoms with van der Waals surface area (Å²) in [6.07, 6.45) is 1.93. The third-order valence-corrected chi connectivity index (χ3v) is 5.40. The molecule has 5 heteroatoms. The maximum Gasteiger partial charge on any atom is 0.237 e. The Balaban J connectivity index is 1.89. The first-order valence-electron chi connectivity index (χ1n) is 6.97. The number of hydrogen-bond acceptors (Lipinski definition) is 4. The van der Waals surface area contributed by atoms with Crippen molar-refractivity contribution in [3.8, 4) is 10.6 Å². The van der Waals surface area contributed by atoms with Crippen LogP contribution in [0.5, 0.6) is 0 Å². The minimum absolute atomic E-state index is 0.0222. The number of thioether (sulfide) groups is 1. The number of nitrogens with zero attached hydrogens (tertiary/aromatic N) is 1. The van der Waals surface area contributed by atoms with E-state index in [4.69, 9.17) is 0 Å². The van der Waals surface area contributed by atoms with Gasteiger partial charge in [-0.2, -0.15) is 11.8 Å². The molecule has 22 heavy (non-hydrogen) atoms. The van der Waals surface area contributed by atoms with E-state index in [2.05, 4.69) is 16.4 Å². The Kier molecular flexibility index (Phi) is 4.45. The number of hydrogen-bond donors (Lipinski definition) is 1. The van der Waals surface area contributed by atoms with Gasteiger partial charge in [0.15, 0.2) is 0 Å². The topological polar surface area (TPSA) is 42.0 Å². The standard InChI is InChI=1S/C17H16N2OS2/c1-11(21-2)16(20)18-13-7-5-6-12(10-13)17-19-14-8-3-4-9-15(14)22-17/h3-11H,1-2H3,(H,18,20)/t11-/m0/s1. The molecule has 0 aliphatic rings. The van der Waals surface area contributed by atoms with Crippen LogP contribution in [0.4, 0.5) is 5.69 Å². The lowest BCUT2D eigenvalue weighted by Gasteiger charge is -2.10. The van der Waals surface area contributed by atoms with Crippen LogP contribution >= 0.6 is 23.1 Å². The number of para-hydroxylation sites is 1. The van der Waals surface area contributed by atoms with E-state index in [9.17, 15) is 4.79 Å². The molecule has 0 saturated heterocycles. The molecular weight excluding hydrogens is 312 g/mol. The van der Waals surface area contributed by atoms with Crippen molar-refractivity contribution in [1.29, 1.82) is 0 Å². The van der Waals surface area contributed by atoms with Crippen molar-refractivity contribution in [1.82, 2.24) is 4.98 Å². The molecule has 1 amide bonds. The maximum atomic E-state index is 12.0. The lowest BCUT2D eigenvalue weighted by atomic mass is 10.2. The molecule has 112 valence electrons. The zero-order valence-electron chi connectivity index (χ0n) is 12.4. The molecule has 3 aromatic rings. The Hall–Kier alpha value is -1.85. The van der Waals surface area contributed by atoms with Gasteiger partial charge in [-0.05, 0) is 37.4 Å². The highest BCUT2D eigenvalue weighted by atomic mass is 32.2. The number of benzene rings is 2. The van der Waals surface area contributed by atoms with Crippen molar-refractivity contribution in [2.45, 2.75) is 12.2 Å². The number of rotatable bonds is 4. The highest BCUT2D eigenvalue weighted by molar-refractivity contribution is 7.99. The summed E-state index contributed by atoms with van der Waals surface area (Å²) in [4.78, 5) is 16.6. The Morgan fingerprint density at radius 1 is 1.23 bits per heavy atom. The Labute approximate surface area is 137 Å². The molecule has 0 aliphatic heterocycles. The average Bonchev–Trinajstić information content (AvgIpc) is 2.98. The normalized spacial score (nSPS) is 12.3. The molecule has 3 nitrogen and oxygen atoms in total. The Morgan fingerprint density at radius 2 is 2.05 bits per heavy atom. The summed E-state index contributed by atoms with van der Waals surface area (Å²) >= 11 is 3.19. The summed E-state index contributed by atoms with van der Waals surface area (Å²) in [6, 6.07) is 15.9. The van der Waals surface area contributed by atoms with Gasteiger partial charge in [0.05, 0.1) is 15.5 Å². The van der Waals surface area contributed by atoms with Gasteiger partial charge in [0.1, 0.15) is 5.01 Å². The predicted molar refractivity (Wildman–Crippen MR) is 96.7 cm³/mol. The van der Waals surface area contributed by atoms with Gasteiger partial charge in [-0.1, -0.05) is 24.3 Å². The van der Waals surface area contributed by atoms with E-state index >= 15 is 0 Å². The van der Waals surface area contributed by atoms with Gasteiger partial charge in [-0.25, -0.2) is 4.98 Å². The van der Waals surface area contributed by atoms with Crippen molar-refractivity contribution >= 4 is 44.9 Å². The smallest absolute Gasteiger partial charge is 0.237 e. The molecule has 0 spiro atoms. The van der Waals surface area contributed by atoms with Crippen LogP contribution in [0.25, 0.3) is 20.8 Å². The second-order valence-electron chi connectivity index (χ2n) is 4.93. The fourth-order valence-corrected chi connectivity index (χ4v) is 3.31. The van der Waals surface area contributed by atoms with E-state index in [0.717, 1.165) is 21.8 Å². The van der Waals surface area contributed by atoms with Crippen molar-refractivity contribution in [3.63, 3.8) is 0 Å². The van der Waals surface area contributed by atoms with Gasteiger partial charge in [-0.3, -0.25) is 4.79 Å². The Morgan fingerprint density at radius 3 is 2.82 bits per heavy atom. The zero-order valence-corrected chi connectivity index (χ0v) is 14.0. The highest BCUT2D eigenvalue weighted by Crippen LogP contribution is 2.31. The van der Waals surface area contributed by atoms with Crippen LogP contribution in [0.3, 0.4) is 0 Å². The average molecular weight is 328 g/mol. The number of anilines is 1. The number of carbonyl (C=O) groups excluding carboxylic acids is 1. The summed E-state index contributed by atoms with van der Waals surface area (Å²) < 4.78 is 1.17. The first-order chi connectivity index (χ1) is 10.7. The predicted octanol–water partition coefficient (Wildman–Crippen LogP) is 4.65. The summed E-state index contributed by atoms with van der Waals surface area (Å²) in [5.41, 5.74) is 2.84. The summed E-state index contributed by atoms with van der Waals surface area (Å²) in [5.74, 6) is 0.0222. The minimum Gasteiger partial charge on any atom is -0.325 e. The number of thiazole rings is 1. The van der Waals surface area contributed by atoms with Gasteiger partial charge >= 0.3 is 0 Å². The second kappa shape index (κ2) is 6.50. The fraction of sp³-hybridized carbons (Fsp3) is 0.176. The summed E-state index contributed by atoms with van der Waals surface area (Å²) in [5, 5.41) is 3.86. The van der Waals surface area contributed by atoms with Crippen LogP contribution in [0.2, 0.25) is 0 Å². The van der Waals surface area contributed by atoms with E-state index in [0.29, 0.717) is 0 Å². The molecule has 2 aromatic carbocycles. The van der Waals surface area contributed by atoms with Gasteiger partial charge in [-0.15, -0.1) is 11.3 Å². The van der Waals surface area contributed by atoms with Crippen molar-refractivity contribution in [2.24, 2.45) is 0 Å². The molecule has 0 radical (unpaired) electrons. The van der Waals surface area contributed by atoms with Gasteiger partial charge in [0, 0.05) is 11.3 Å². The van der Waals surface area contributed by atoms with Gasteiger partial charge in [0.2, 0.25) is 5.91 Å². The fourth-order valence-electron chi connectivity index (χ4n) is 2.08. The van der Waals surface area contributed by atoms with Crippen LogP contribution < -0.4 is 5.32 Å². The second-order valence-corrected chi connectivity index (χ2v) is 7.14. The van der Waals surface area contributed by atoms with E-state index in [-0.39, 0.29) is 11.2 Å². The first-order valence-corrected chi connectivity index (χ1v) is 9.07. The van der Waals surface area contributed by atoms with Crippen LogP contribution in [-0.4, -0.2) is 22.4 Å². The number of nitrogens with one attached hydrogen (secondary N) is 1. The molecule has 1 heterocycles. The van der Waals surface area contributed by atoms with E-state index < -0.39 is 0 Å². The van der Waals surface area contributed by atoms with Crippen LogP contribution in [0, 0.1) is 0 Å². The third kappa shape index (κ3) is 3.15. The molecular formula is C17H16N2OS2. The maximum absolute atomic E-state index is 12.0. The molecule has 1 N–H and O–H groups in total. The van der Waals surface area contributed by atoms with Crippen LogP contribution in [0.15, 0.2) is 48.5 Å². The number of amides is 1. The first kappa shape index (κ1) is 15.1. The van der Waals surface area contributed by atoms with Crippen LogP contribution in [-0.2, 0) is 4.79 Å². The molecule has 3 rings (SSSR count). The van der Waals surface area contributed by atoms with Crippen LogP contribution in [0.1, 0.15) is 6.92 Å². The molecule has 1 atom stereocenters. The lowest BCUT2D eigenvalue weighted by molar-refractivity contribution is -0.115. The summed E-state index contributed by atoms with van der Waals surface area (Å²) in [6.45, 7) is 1.90. The molecule has 0 fully saturated rings. The molecule has 0 saturated carbocycles. The van der Waals surface area contributed by atoms with Crippen molar-refractivity contribution in [3.05, 3.63) is 48.5 Å². The monoisotopic (exact) mass is 328 g/mol. The SMILES string of the molecule is CS[C@@H](C)C(=O)Nc1cccc(-c2nc3ccccc3s2)c1. The minimum atomic E-state index is -0.0638. The zero-order chi connectivity index (χ0) is 15.5. The third-order valence-electron chi connectivity index (χ3n) is 3.39. The summed E-state index contributed by atoms with van der Waals surface area (Å²) in [7, 11) is 0.